The molecular weight excluding hydrogens is 1550 g/mol. The lowest BCUT2D eigenvalue weighted by Gasteiger charge is -2.21. The summed E-state index contributed by atoms with van der Waals surface area (Å²) in [6, 6.07) is 68.4. The zero-order chi connectivity index (χ0) is 80.7. The molecule has 23 heteroatoms. The minimum atomic E-state index is -0.881. The van der Waals surface area contributed by atoms with Crippen LogP contribution in [0.5, 0.6) is 46.0 Å². The lowest BCUT2D eigenvalue weighted by atomic mass is 10.00. The number of ketones is 1. The van der Waals surface area contributed by atoms with Crippen molar-refractivity contribution in [1.82, 2.24) is 39.9 Å². The molecule has 8 heterocycles. The predicted molar refractivity (Wildman–Crippen MR) is 457 cm³/mol. The molecule has 2 atom stereocenters. The summed E-state index contributed by atoms with van der Waals surface area (Å²) in [7, 11) is 1.69. The Morgan fingerprint density at radius 2 is 0.707 bits per heavy atom. The molecule has 5 N–H and O–H groups in total. The van der Waals surface area contributed by atoms with E-state index in [1.807, 2.05) is 228 Å². The zero-order valence-electron chi connectivity index (χ0n) is 64.3. The molecule has 0 saturated carbocycles. The van der Waals surface area contributed by atoms with Crippen LogP contribution in [0.3, 0.4) is 0 Å². The fourth-order valence-electron chi connectivity index (χ4n) is 13.1. The Bertz CT molecular complexity index is 5900. The zero-order valence-corrected chi connectivity index (χ0v) is 67.3. The first kappa shape index (κ1) is 81.7. The highest BCUT2D eigenvalue weighted by Gasteiger charge is 2.27. The molecule has 19 nitrogen and oxygen atoms in total. The average molecular weight is 1630 g/mol. The molecule has 0 saturated heterocycles. The minimum absolute atomic E-state index is 0.148. The van der Waals surface area contributed by atoms with Gasteiger partial charge in [-0.25, -0.2) is 19.9 Å². The molecule has 0 aliphatic rings. The molecule has 0 amide bonds. The van der Waals surface area contributed by atoms with Crippen LogP contribution in [0.4, 0.5) is 0 Å². The highest BCUT2D eigenvalue weighted by atomic mass is 35.5. The fourth-order valence-corrected chi connectivity index (χ4v) is 13.6. The minimum Gasteiger partial charge on any atom is -0.490 e. The van der Waals surface area contributed by atoms with Crippen LogP contribution in [-0.4, -0.2) is 84.3 Å². The van der Waals surface area contributed by atoms with E-state index in [1.165, 1.54) is 5.56 Å². The second-order valence-electron chi connectivity index (χ2n) is 26.2. The third kappa shape index (κ3) is 20.2. The van der Waals surface area contributed by atoms with Crippen molar-refractivity contribution in [3.05, 3.63) is 355 Å². The highest BCUT2D eigenvalue weighted by molar-refractivity contribution is 6.31. The first-order chi connectivity index (χ1) is 56.8. The lowest BCUT2D eigenvalue weighted by Crippen LogP contribution is -2.08. The van der Waals surface area contributed by atoms with Crippen LogP contribution in [0.15, 0.2) is 268 Å². The van der Waals surface area contributed by atoms with Crippen LogP contribution in [0, 0.1) is 0 Å². The van der Waals surface area contributed by atoms with Crippen molar-refractivity contribution in [2.45, 2.75) is 72.8 Å². The number of carbonyl (C=O) groups excluding carboxylic acids is 1. The van der Waals surface area contributed by atoms with E-state index in [1.54, 1.807) is 62.5 Å². The smallest absolute Gasteiger partial charge is 0.199 e. The van der Waals surface area contributed by atoms with E-state index in [9.17, 15) is 9.90 Å². The molecule has 0 spiro atoms. The summed E-state index contributed by atoms with van der Waals surface area (Å²) in [6.45, 7) is 11.2. The van der Waals surface area contributed by atoms with Gasteiger partial charge in [0.15, 0.2) is 51.8 Å². The number of nitrogens with one attached hydrogen (secondary N) is 4. The number of ether oxygens (including phenoxy) is 9. The normalized spacial score (nSPS) is 11.5. The van der Waals surface area contributed by atoms with Gasteiger partial charge in [-0.3, -0.25) is 4.79 Å². The number of carbonyl (C=O) groups is 1. The van der Waals surface area contributed by atoms with Crippen molar-refractivity contribution >= 4 is 96.3 Å². The summed E-state index contributed by atoms with van der Waals surface area (Å²) in [4.78, 5) is 43.2. The number of aromatic amines is 4. The quantitative estimate of drug-likeness (QED) is 0.0274. The molecule has 16 rings (SSSR count). The summed E-state index contributed by atoms with van der Waals surface area (Å²) >= 11 is 23.8. The van der Waals surface area contributed by atoms with Gasteiger partial charge in [0.05, 0.1) is 32.0 Å². The molecule has 0 radical (unpaired) electrons. The maximum Gasteiger partial charge on any atom is 0.199 e. The number of hydrogen-bond donors (Lipinski definition) is 5. The Balaban J connectivity index is 0.000000135. The van der Waals surface area contributed by atoms with Gasteiger partial charge in [0.1, 0.15) is 61.2 Å². The highest BCUT2D eigenvalue weighted by Crippen LogP contribution is 2.44. The molecule has 0 aliphatic heterocycles. The summed E-state index contributed by atoms with van der Waals surface area (Å²) in [6.07, 6.45) is 13.9. The third-order valence-electron chi connectivity index (χ3n) is 18.7. The van der Waals surface area contributed by atoms with Gasteiger partial charge >= 0.3 is 0 Å². The van der Waals surface area contributed by atoms with Gasteiger partial charge in [0.2, 0.25) is 0 Å². The number of aliphatic hydroxyl groups excluding tert-OH is 1. The average Bonchev–Trinajstić information content (AvgIpc) is 1.58. The van der Waals surface area contributed by atoms with Crippen LogP contribution in [0.1, 0.15) is 111 Å². The van der Waals surface area contributed by atoms with E-state index in [4.69, 9.17) is 89.0 Å². The number of hydrogen-bond acceptors (Lipinski definition) is 15. The maximum absolute atomic E-state index is 13.3. The number of methoxy groups -OCH3 is 1. The van der Waals surface area contributed by atoms with Gasteiger partial charge < -0.3 is 67.7 Å². The van der Waals surface area contributed by atoms with Crippen molar-refractivity contribution in [1.29, 1.82) is 0 Å². The number of fused-ring (bicyclic) bond motifs is 4. The SMILES string of the molecule is CCOc1c(Cc2c[nH]c3ncccc23)cccc1OCc1ccc(Cl)cc1.CCOc1c(OCc2ccc(Cl)cc2)cccc1C(=O)c1c[nH]c2ncccc12.CCOc1c(OCc2ccc(Cl)cc2)cccc1C(O)c1c[nH]c2ncccc12.CCOc1c(OCc2ccc(Cl)cc2)cccc1C(OC)c1c[nH]c2ncccc12. The van der Waals surface area contributed by atoms with E-state index in [0.717, 1.165) is 101 Å². The molecule has 116 heavy (non-hydrogen) atoms. The second kappa shape index (κ2) is 40.1. The molecule has 8 aromatic carbocycles. The first-order valence-electron chi connectivity index (χ1n) is 37.7. The van der Waals surface area contributed by atoms with Gasteiger partial charge in [-0.1, -0.05) is 137 Å². The Kier molecular flexibility index (Phi) is 28.2. The summed E-state index contributed by atoms with van der Waals surface area (Å²) in [5, 5.41) is 17.7. The van der Waals surface area contributed by atoms with E-state index in [2.05, 4.69) is 52.0 Å². The molecule has 590 valence electrons. The van der Waals surface area contributed by atoms with Gasteiger partial charge in [-0.05, 0) is 183 Å². The van der Waals surface area contributed by atoms with Crippen molar-refractivity contribution in [3.63, 3.8) is 0 Å². The van der Waals surface area contributed by atoms with Crippen LogP contribution in [-0.2, 0) is 37.6 Å². The Hall–Kier alpha value is -12.3. The number of nitrogens with zero attached hydrogens (tertiary/aromatic N) is 4. The molecule has 0 bridgehead atoms. The first-order valence-corrected chi connectivity index (χ1v) is 39.2. The van der Waals surface area contributed by atoms with E-state index >= 15 is 0 Å². The third-order valence-corrected chi connectivity index (χ3v) is 19.7. The van der Waals surface area contributed by atoms with Gasteiger partial charge in [0.25, 0.3) is 0 Å². The maximum atomic E-state index is 13.3. The monoisotopic (exact) mass is 1630 g/mol. The van der Waals surface area contributed by atoms with E-state index in [0.29, 0.717) is 130 Å². The Morgan fingerprint density at radius 1 is 0.345 bits per heavy atom. The van der Waals surface area contributed by atoms with Crippen molar-refractivity contribution < 1.29 is 52.5 Å². The Morgan fingerprint density at radius 3 is 1.19 bits per heavy atom. The predicted octanol–water partition coefficient (Wildman–Crippen LogP) is 22.4. The number of para-hydroxylation sites is 4. The van der Waals surface area contributed by atoms with Gasteiger partial charge in [-0.2, -0.15) is 0 Å². The van der Waals surface area contributed by atoms with Crippen LogP contribution in [0.2, 0.25) is 20.1 Å². The van der Waals surface area contributed by atoms with Crippen LogP contribution >= 0.6 is 46.4 Å². The number of benzene rings is 8. The number of pyridine rings is 4. The number of halogens is 4. The van der Waals surface area contributed by atoms with E-state index < -0.39 is 6.10 Å². The number of aromatic nitrogens is 8. The standard InChI is InChI=1S/C24H23ClN2O3.C23H21ClN2O3.C23H19ClN2O3.C23H21ClN2O2/c1-3-29-23-19(22(28-2)20-14-27-24-18(20)7-5-13-26-24)6-4-8-21(23)30-15-16-9-11-17(25)12-10-16;2*1-2-28-22-18(21(27)19-13-26-23-17(19)6-4-12-25-23)5-3-7-20(22)29-14-15-8-10-16(24)11-9-15;1-2-27-22-17(13-18-14-26-23-20(18)6-4-12-25-23)5-3-7-21(22)28-15-16-8-10-19(24)11-9-16/h4-14,22H,3,15H2,1-2H3,(H,26,27);3-13,21,27H,2,14H2,1H3,(H,25,26);3-13H,2,14H2,1H3,(H,25,26);3-12,14H,2,13,15H2,1H3,(H,25,26). The summed E-state index contributed by atoms with van der Waals surface area (Å²) in [5.41, 5.74) is 13.7. The lowest BCUT2D eigenvalue weighted by molar-refractivity contribution is 0.103. The Labute approximate surface area is 691 Å². The largest absolute Gasteiger partial charge is 0.490 e. The van der Waals surface area contributed by atoms with E-state index in [-0.39, 0.29) is 11.9 Å². The molecule has 8 aromatic heterocycles. The molecule has 16 aromatic rings. The van der Waals surface area contributed by atoms with Gasteiger partial charge in [0, 0.05) is 138 Å². The molecular formula is C93H84Cl4N8O11. The van der Waals surface area contributed by atoms with Crippen molar-refractivity contribution in [2.75, 3.05) is 33.5 Å². The molecule has 0 aliphatic carbocycles. The van der Waals surface area contributed by atoms with Crippen LogP contribution in [0.25, 0.3) is 44.1 Å². The second-order valence-corrected chi connectivity index (χ2v) is 28.0. The number of H-pyrrole nitrogens is 4. The molecule has 0 fully saturated rings. The summed E-state index contributed by atoms with van der Waals surface area (Å²) < 4.78 is 53.7. The topological polar surface area (TPSA) is 235 Å². The fraction of sp³-hybridized carbons (Fsp3) is 0.172. The van der Waals surface area contributed by atoms with Crippen molar-refractivity contribution in [3.8, 4) is 46.0 Å². The van der Waals surface area contributed by atoms with Gasteiger partial charge in [-0.15, -0.1) is 0 Å². The summed E-state index contributed by atoms with van der Waals surface area (Å²) in [5.74, 6) is 4.81. The van der Waals surface area contributed by atoms with Crippen molar-refractivity contribution in [2.24, 2.45) is 0 Å². The number of rotatable bonds is 29. The number of aliphatic hydroxyl groups is 1. The molecule has 2 unspecified atom stereocenters. The van der Waals surface area contributed by atoms with Crippen LogP contribution < -0.4 is 37.9 Å².